The lowest BCUT2D eigenvalue weighted by Gasteiger charge is -2.34. The Balaban J connectivity index is 2.81. The summed E-state index contributed by atoms with van der Waals surface area (Å²) in [5, 5.41) is 13.2. The van der Waals surface area contributed by atoms with Gasteiger partial charge in [-0.2, -0.15) is 0 Å². The van der Waals surface area contributed by atoms with Crippen molar-refractivity contribution in [1.82, 2.24) is 5.06 Å². The predicted molar refractivity (Wildman–Crippen MR) is 64.5 cm³/mol. The van der Waals surface area contributed by atoms with E-state index in [0.29, 0.717) is 6.61 Å². The van der Waals surface area contributed by atoms with Gasteiger partial charge in [-0.3, -0.25) is 0 Å². The van der Waals surface area contributed by atoms with Gasteiger partial charge in [-0.25, -0.2) is 0 Å². The van der Waals surface area contributed by atoms with Crippen molar-refractivity contribution in [3.8, 4) is 0 Å². The number of nitrogens with zero attached hydrogens (tertiary/aromatic N) is 1. The largest absolute Gasteiger partial charge is 0.371 e. The Bertz CT molecular complexity index is 298. The van der Waals surface area contributed by atoms with Crippen LogP contribution in [0.2, 0.25) is 0 Å². The van der Waals surface area contributed by atoms with Gasteiger partial charge in [-0.1, -0.05) is 6.08 Å². The van der Waals surface area contributed by atoms with Gasteiger partial charge in [0.05, 0.1) is 23.3 Å². The first-order chi connectivity index (χ1) is 6.97. The minimum absolute atomic E-state index is 0.169. The minimum Gasteiger partial charge on any atom is -0.371 e. The summed E-state index contributed by atoms with van der Waals surface area (Å²) in [5.74, 6) is 0. The summed E-state index contributed by atoms with van der Waals surface area (Å²) in [7, 11) is 0. The lowest BCUT2D eigenvalue weighted by molar-refractivity contribution is -0.239. The zero-order valence-electron chi connectivity index (χ0n) is 11.5. The van der Waals surface area contributed by atoms with Crippen LogP contribution in [0, 0.1) is 0 Å². The second-order valence-corrected chi connectivity index (χ2v) is 6.58. The van der Waals surface area contributed by atoms with Crippen LogP contribution in [0.5, 0.6) is 0 Å². The van der Waals surface area contributed by atoms with E-state index in [1.54, 1.807) is 0 Å². The molecule has 0 bridgehead atoms. The van der Waals surface area contributed by atoms with Gasteiger partial charge in [0.15, 0.2) is 0 Å². The Hall–Kier alpha value is -0.380. The molecule has 0 N–H and O–H groups in total. The highest BCUT2D eigenvalue weighted by Crippen LogP contribution is 2.38. The summed E-state index contributed by atoms with van der Waals surface area (Å²) in [6.07, 6.45) is 2.03. The van der Waals surface area contributed by atoms with Gasteiger partial charge < -0.3 is 4.74 Å². The van der Waals surface area contributed by atoms with Crippen LogP contribution in [-0.4, -0.2) is 28.3 Å². The molecule has 0 saturated heterocycles. The maximum absolute atomic E-state index is 12.1. The lowest BCUT2D eigenvalue weighted by Crippen LogP contribution is -2.47. The van der Waals surface area contributed by atoms with Crippen LogP contribution >= 0.6 is 0 Å². The fourth-order valence-electron chi connectivity index (χ4n) is 2.02. The Kier molecular flexibility index (Phi) is 3.27. The number of ether oxygens (including phenoxy) is 1. The highest BCUT2D eigenvalue weighted by Gasteiger charge is 2.46. The van der Waals surface area contributed by atoms with Crippen molar-refractivity contribution in [2.45, 2.75) is 65.1 Å². The van der Waals surface area contributed by atoms with E-state index in [0.717, 1.165) is 10.6 Å². The standard InChI is InChI=1S/C13H24NO2/c1-11(2,3)16-9-10-8-12(4,5)14(15)13(10,6)7/h8H,9H2,1-7H3. The lowest BCUT2D eigenvalue weighted by atomic mass is 9.97. The molecule has 1 heterocycles. The molecule has 0 saturated carbocycles. The molecule has 1 rings (SSSR count). The smallest absolute Gasteiger partial charge is 0.0703 e. The van der Waals surface area contributed by atoms with E-state index >= 15 is 0 Å². The number of hydrogen-bond acceptors (Lipinski definition) is 2. The molecular weight excluding hydrogens is 202 g/mol. The Morgan fingerprint density at radius 3 is 2.06 bits per heavy atom. The summed E-state index contributed by atoms with van der Waals surface area (Å²) >= 11 is 0. The van der Waals surface area contributed by atoms with Gasteiger partial charge in [-0.05, 0) is 54.0 Å². The van der Waals surface area contributed by atoms with Crippen molar-refractivity contribution in [1.29, 1.82) is 0 Å². The number of rotatable bonds is 2. The van der Waals surface area contributed by atoms with Crippen LogP contribution in [-0.2, 0) is 9.94 Å². The van der Waals surface area contributed by atoms with Crippen molar-refractivity contribution in [3.63, 3.8) is 0 Å². The van der Waals surface area contributed by atoms with Crippen LogP contribution in [0.25, 0.3) is 0 Å². The Morgan fingerprint density at radius 1 is 1.25 bits per heavy atom. The predicted octanol–water partition coefficient (Wildman–Crippen LogP) is 2.95. The van der Waals surface area contributed by atoms with E-state index < -0.39 is 11.1 Å². The van der Waals surface area contributed by atoms with E-state index in [2.05, 4.69) is 0 Å². The number of hydroxylamine groups is 2. The molecule has 3 heteroatoms. The fourth-order valence-corrected chi connectivity index (χ4v) is 2.02. The molecule has 93 valence electrons. The summed E-state index contributed by atoms with van der Waals surface area (Å²) < 4.78 is 5.76. The van der Waals surface area contributed by atoms with E-state index in [1.165, 1.54) is 0 Å². The zero-order chi connectivity index (χ0) is 12.8. The summed E-state index contributed by atoms with van der Waals surface area (Å²) in [4.78, 5) is 0. The third kappa shape index (κ3) is 2.65. The fraction of sp³-hybridized carbons (Fsp3) is 0.846. The van der Waals surface area contributed by atoms with Crippen molar-refractivity contribution in [2.24, 2.45) is 0 Å². The van der Waals surface area contributed by atoms with E-state index in [4.69, 9.17) is 4.74 Å². The van der Waals surface area contributed by atoms with Crippen LogP contribution in [0.3, 0.4) is 0 Å². The SMILES string of the molecule is CC(C)(C)OCC1=CC(C)(C)N([O])C1(C)C. The molecule has 1 aliphatic heterocycles. The number of hydrogen-bond donors (Lipinski definition) is 0. The van der Waals surface area contributed by atoms with Crippen LogP contribution in [0.1, 0.15) is 48.5 Å². The van der Waals surface area contributed by atoms with Gasteiger partial charge in [0, 0.05) is 0 Å². The molecule has 0 fully saturated rings. The summed E-state index contributed by atoms with van der Waals surface area (Å²) in [5.41, 5.74) is 0.00839. The van der Waals surface area contributed by atoms with Crippen molar-refractivity contribution >= 4 is 0 Å². The molecule has 0 aromatic heterocycles. The summed E-state index contributed by atoms with van der Waals surface area (Å²) in [6, 6.07) is 0. The maximum atomic E-state index is 12.1. The molecule has 0 aromatic rings. The topological polar surface area (TPSA) is 32.4 Å². The highest BCUT2D eigenvalue weighted by molar-refractivity contribution is 5.30. The Labute approximate surface area is 99.0 Å². The second kappa shape index (κ2) is 3.83. The maximum Gasteiger partial charge on any atom is 0.0703 e. The summed E-state index contributed by atoms with van der Waals surface area (Å²) in [6.45, 7) is 14.4. The van der Waals surface area contributed by atoms with Gasteiger partial charge in [-0.15, -0.1) is 10.3 Å². The normalized spacial score (nSPS) is 24.6. The van der Waals surface area contributed by atoms with Crippen LogP contribution in [0.15, 0.2) is 11.6 Å². The molecule has 0 aliphatic carbocycles. The average molecular weight is 226 g/mol. The third-order valence-corrected chi connectivity index (χ3v) is 3.01. The first-order valence-corrected chi connectivity index (χ1v) is 5.80. The molecular formula is C13H24NO2. The quantitative estimate of drug-likeness (QED) is 0.678. The molecule has 0 aromatic carbocycles. The molecule has 3 nitrogen and oxygen atoms in total. The second-order valence-electron chi connectivity index (χ2n) is 6.58. The monoisotopic (exact) mass is 226 g/mol. The average Bonchev–Trinajstić information content (AvgIpc) is 2.22. The molecule has 1 radical (unpaired) electrons. The molecule has 0 amide bonds. The molecule has 1 aliphatic rings. The van der Waals surface area contributed by atoms with E-state index in [1.807, 2.05) is 54.5 Å². The minimum atomic E-state index is -0.464. The molecule has 0 unspecified atom stereocenters. The van der Waals surface area contributed by atoms with Gasteiger partial charge in [0.1, 0.15) is 0 Å². The zero-order valence-corrected chi connectivity index (χ0v) is 11.5. The van der Waals surface area contributed by atoms with Crippen molar-refractivity contribution in [3.05, 3.63) is 11.6 Å². The molecule has 0 atom stereocenters. The third-order valence-electron chi connectivity index (χ3n) is 3.01. The first kappa shape index (κ1) is 13.7. The van der Waals surface area contributed by atoms with Gasteiger partial charge >= 0.3 is 0 Å². The van der Waals surface area contributed by atoms with E-state index in [9.17, 15) is 5.21 Å². The van der Waals surface area contributed by atoms with Gasteiger partial charge in [0.2, 0.25) is 0 Å². The highest BCUT2D eigenvalue weighted by atomic mass is 16.5. The van der Waals surface area contributed by atoms with Gasteiger partial charge in [0.25, 0.3) is 0 Å². The van der Waals surface area contributed by atoms with E-state index in [-0.39, 0.29) is 5.60 Å². The van der Waals surface area contributed by atoms with Crippen molar-refractivity contribution < 1.29 is 9.94 Å². The molecule has 16 heavy (non-hydrogen) atoms. The van der Waals surface area contributed by atoms with Crippen molar-refractivity contribution in [2.75, 3.05) is 6.61 Å². The Morgan fingerprint density at radius 2 is 1.75 bits per heavy atom. The molecule has 0 spiro atoms. The van der Waals surface area contributed by atoms with Crippen LogP contribution in [0.4, 0.5) is 0 Å². The van der Waals surface area contributed by atoms with Crippen LogP contribution < -0.4 is 0 Å². The first-order valence-electron chi connectivity index (χ1n) is 5.80.